The third-order valence-electron chi connectivity index (χ3n) is 6.14. The Kier molecular flexibility index (Phi) is 9.96. The van der Waals surface area contributed by atoms with Crippen LogP contribution in [0.1, 0.15) is 0 Å². The first-order chi connectivity index (χ1) is 17.9. The first-order valence-corrected chi connectivity index (χ1v) is 18.3. The second kappa shape index (κ2) is 13.6. The van der Waals surface area contributed by atoms with E-state index in [-0.39, 0.29) is 17.1 Å². The summed E-state index contributed by atoms with van der Waals surface area (Å²) in [4.78, 5) is 0. The van der Waals surface area contributed by atoms with Crippen LogP contribution in [-0.4, -0.2) is 14.2 Å². The summed E-state index contributed by atoms with van der Waals surface area (Å²) in [6, 6.07) is 64.2. The fraction of sp³-hybridized carbons (Fsp3) is 0. The monoisotopic (exact) mass is 599 g/mol. The summed E-state index contributed by atoms with van der Waals surface area (Å²) in [7, 11) is 0. The minimum atomic E-state index is -1.91. The van der Waals surface area contributed by atoms with Crippen LogP contribution in [0.3, 0.4) is 0 Å². The van der Waals surface area contributed by atoms with E-state index in [1.807, 2.05) is 30.3 Å². The van der Waals surface area contributed by atoms with Gasteiger partial charge in [0.25, 0.3) is 0 Å². The minimum absolute atomic E-state index is 0. The van der Waals surface area contributed by atoms with Crippen molar-refractivity contribution in [2.75, 3.05) is 0 Å². The molecule has 6 aromatic rings. The fourth-order valence-electron chi connectivity index (χ4n) is 4.62. The summed E-state index contributed by atoms with van der Waals surface area (Å²) in [5.41, 5.74) is 0. The van der Waals surface area contributed by atoms with Crippen molar-refractivity contribution in [3.63, 3.8) is 0 Å². The van der Waals surface area contributed by atoms with Crippen molar-refractivity contribution in [3.8, 4) is 0 Å². The van der Waals surface area contributed by atoms with Crippen LogP contribution in [0.2, 0.25) is 0 Å². The molecule has 0 atom stereocenters. The summed E-state index contributed by atoms with van der Waals surface area (Å²) in [5.74, 6) is -1.91. The van der Waals surface area contributed by atoms with Gasteiger partial charge in [-0.3, -0.25) is 0 Å². The molecule has 0 aliphatic heterocycles. The zero-order valence-electron chi connectivity index (χ0n) is 20.5. The number of benzene rings is 4. The Hall–Kier alpha value is -2.91. The van der Waals surface area contributed by atoms with Crippen LogP contribution in [0.25, 0.3) is 0 Å². The molecule has 0 amide bonds. The molecule has 0 radical (unpaired) electrons. The van der Waals surface area contributed by atoms with Crippen molar-refractivity contribution >= 4 is 44.6 Å². The van der Waals surface area contributed by atoms with Gasteiger partial charge in [0.1, 0.15) is 0 Å². The third kappa shape index (κ3) is 5.99. The van der Waals surface area contributed by atoms with Crippen molar-refractivity contribution < 1.29 is 17.1 Å². The summed E-state index contributed by atoms with van der Waals surface area (Å²) < 4.78 is 3.01. The molecule has 3 heteroatoms. The van der Waals surface area contributed by atoms with Crippen molar-refractivity contribution in [1.82, 2.24) is 0 Å². The molecular weight excluding hydrogens is 570 g/mol. The van der Waals surface area contributed by atoms with Gasteiger partial charge in [0.05, 0.1) is 0 Å². The molecule has 0 aliphatic carbocycles. The molecule has 188 valence electrons. The van der Waals surface area contributed by atoms with Crippen LogP contribution >= 0.6 is 5.82 Å². The molecule has 0 saturated carbocycles. The Morgan fingerprint density at radius 3 is 1.11 bits per heavy atom. The Balaban J connectivity index is 0.000000479. The van der Waals surface area contributed by atoms with Gasteiger partial charge in [0.2, 0.25) is 0 Å². The Morgan fingerprint density at radius 2 is 0.757 bits per heavy atom. The summed E-state index contributed by atoms with van der Waals surface area (Å²) in [6.45, 7) is 0. The van der Waals surface area contributed by atoms with E-state index in [2.05, 4.69) is 146 Å². The standard InChI is InChI=1S/C29H24AsP.C5H5.Fe/c1-5-15-25(16-6-1)30(26-17-7-2-8-18-26)31(29-23-13-14-24-29,27-19-9-3-10-20-27)28-21-11-4-12-22-28;1-2-4-5-3-1;/h1-24H;1-5H;/q;-5;. The Labute approximate surface area is 236 Å². The molecule has 0 bridgehead atoms. The molecule has 0 aliphatic rings. The molecule has 0 saturated heterocycles. The third-order valence-corrected chi connectivity index (χ3v) is 23.7. The quantitative estimate of drug-likeness (QED) is 0.127. The van der Waals surface area contributed by atoms with Gasteiger partial charge in [-0.15, -0.1) is 0 Å². The second-order valence-corrected chi connectivity index (χ2v) is 20.5. The molecule has 0 unspecified atom stereocenters. The molecule has 0 fully saturated rings. The average molecular weight is 599 g/mol. The molecule has 0 nitrogen and oxygen atoms in total. The van der Waals surface area contributed by atoms with Crippen molar-refractivity contribution in [2.24, 2.45) is 0 Å². The maximum atomic E-state index is 2.36. The SMILES string of the molecule is [Fe].[cH-]1[cH-][cH-][cH-][cH-]1.c1ccc([As](c2ccccc2)[P+](c2ccccc2)(c2ccccc2)[c-]2cccc2)cc1. The Morgan fingerprint density at radius 1 is 0.432 bits per heavy atom. The van der Waals surface area contributed by atoms with Gasteiger partial charge in [-0.2, -0.15) is 0 Å². The summed E-state index contributed by atoms with van der Waals surface area (Å²) >= 11 is -1.83. The van der Waals surface area contributed by atoms with Gasteiger partial charge in [0, 0.05) is 17.1 Å². The van der Waals surface area contributed by atoms with Crippen LogP contribution < -0.4 is 24.6 Å². The number of hydrogen-bond donors (Lipinski definition) is 0. The number of hydrogen-bond acceptors (Lipinski definition) is 0. The van der Waals surface area contributed by atoms with E-state index < -0.39 is 20.0 Å². The molecular formula is C34H29AsFeP-5. The van der Waals surface area contributed by atoms with Gasteiger partial charge in [0.15, 0.2) is 0 Å². The molecule has 0 heterocycles. The normalized spacial score (nSPS) is 10.7. The van der Waals surface area contributed by atoms with Gasteiger partial charge >= 0.3 is 190 Å². The average Bonchev–Trinajstić information content (AvgIpc) is 3.72. The van der Waals surface area contributed by atoms with Crippen LogP contribution in [0.5, 0.6) is 0 Å². The molecule has 6 aromatic carbocycles. The maximum absolute atomic E-state index is 2.36. The van der Waals surface area contributed by atoms with Crippen molar-refractivity contribution in [3.05, 3.63) is 176 Å². The molecule has 0 spiro atoms. The summed E-state index contributed by atoms with van der Waals surface area (Å²) in [5, 5.41) is 4.43. The fourth-order valence-corrected chi connectivity index (χ4v) is 23.9. The van der Waals surface area contributed by atoms with Crippen LogP contribution in [0, 0.1) is 0 Å². The predicted octanol–water partition coefficient (Wildman–Crippen LogP) is 5.91. The van der Waals surface area contributed by atoms with E-state index in [0.29, 0.717) is 0 Å². The first kappa shape index (κ1) is 27.1. The van der Waals surface area contributed by atoms with E-state index in [4.69, 9.17) is 0 Å². The van der Waals surface area contributed by atoms with Crippen LogP contribution in [0.15, 0.2) is 176 Å². The van der Waals surface area contributed by atoms with Crippen LogP contribution in [-0.2, 0) is 17.1 Å². The molecule has 37 heavy (non-hydrogen) atoms. The van der Waals surface area contributed by atoms with Crippen LogP contribution in [0.4, 0.5) is 0 Å². The first-order valence-electron chi connectivity index (χ1n) is 12.2. The van der Waals surface area contributed by atoms with Crippen molar-refractivity contribution in [2.45, 2.75) is 0 Å². The Bertz CT molecular complexity index is 1300. The second-order valence-electron chi connectivity index (χ2n) is 8.39. The molecule has 0 aromatic heterocycles. The number of rotatable bonds is 6. The molecule has 0 N–H and O–H groups in total. The van der Waals surface area contributed by atoms with Gasteiger partial charge in [-0.25, -0.2) is 0 Å². The zero-order chi connectivity index (χ0) is 24.5. The van der Waals surface area contributed by atoms with E-state index in [9.17, 15) is 0 Å². The molecule has 6 rings (SSSR count). The van der Waals surface area contributed by atoms with E-state index in [1.54, 1.807) is 0 Å². The van der Waals surface area contributed by atoms with Gasteiger partial charge in [-0.1, -0.05) is 0 Å². The predicted molar refractivity (Wildman–Crippen MR) is 161 cm³/mol. The van der Waals surface area contributed by atoms with Gasteiger partial charge < -0.3 is 30.3 Å². The zero-order valence-corrected chi connectivity index (χ0v) is 24.4. The van der Waals surface area contributed by atoms with E-state index in [0.717, 1.165) is 0 Å². The van der Waals surface area contributed by atoms with E-state index >= 15 is 0 Å². The van der Waals surface area contributed by atoms with E-state index in [1.165, 1.54) is 24.6 Å². The summed E-state index contributed by atoms with van der Waals surface area (Å²) in [6.07, 6.45) is 0. The van der Waals surface area contributed by atoms with Gasteiger partial charge in [-0.05, 0) is 0 Å². The van der Waals surface area contributed by atoms with Crippen molar-refractivity contribution in [1.29, 1.82) is 0 Å². The topological polar surface area (TPSA) is 0 Å².